The molecule has 0 aliphatic carbocycles. The molecule has 2 N–H and O–H groups in total. The lowest BCUT2D eigenvalue weighted by Crippen LogP contribution is -2.42. The van der Waals surface area contributed by atoms with Gasteiger partial charge in [-0.1, -0.05) is 0 Å². The van der Waals surface area contributed by atoms with Crippen LogP contribution < -0.4 is 10.6 Å². The first-order chi connectivity index (χ1) is 12.3. The quantitative estimate of drug-likeness (QED) is 0.867. The molecule has 1 aliphatic rings. The van der Waals surface area contributed by atoms with E-state index in [0.29, 0.717) is 12.3 Å². The molecule has 140 valence electrons. The molecule has 0 radical (unpaired) electrons. The van der Waals surface area contributed by atoms with Crippen LogP contribution in [-0.4, -0.2) is 34.6 Å². The van der Waals surface area contributed by atoms with Gasteiger partial charge >= 0.3 is 12.2 Å². The molecule has 0 bridgehead atoms. The van der Waals surface area contributed by atoms with Gasteiger partial charge in [-0.3, -0.25) is 0 Å². The average molecular weight is 368 g/mol. The van der Waals surface area contributed by atoms with Crippen molar-refractivity contribution in [2.45, 2.75) is 38.1 Å². The maximum Gasteiger partial charge on any atom is 0.433 e. The average Bonchev–Trinajstić information content (AvgIpc) is 3.27. The molecule has 1 aromatic carbocycles. The van der Waals surface area contributed by atoms with Gasteiger partial charge < -0.3 is 15.4 Å². The van der Waals surface area contributed by atoms with Crippen LogP contribution >= 0.6 is 0 Å². The molecule has 2 amide bonds. The smallest absolute Gasteiger partial charge is 0.376 e. The van der Waals surface area contributed by atoms with Crippen molar-refractivity contribution in [1.82, 2.24) is 15.1 Å². The first-order valence-electron chi connectivity index (χ1n) is 8.25. The third-order valence-corrected chi connectivity index (χ3v) is 4.18. The molecule has 1 fully saturated rings. The number of carbonyl (C=O) groups is 1. The Bertz CT molecular complexity index is 752. The number of urea groups is 1. The minimum absolute atomic E-state index is 0.00345. The van der Waals surface area contributed by atoms with Crippen molar-refractivity contribution in [3.05, 3.63) is 42.2 Å². The summed E-state index contributed by atoms with van der Waals surface area (Å²) in [5, 5.41) is 9.17. The van der Waals surface area contributed by atoms with E-state index in [0.717, 1.165) is 29.8 Å². The second-order valence-electron chi connectivity index (χ2n) is 6.11. The zero-order valence-electron chi connectivity index (χ0n) is 14.1. The lowest BCUT2D eigenvalue weighted by atomic mass is 10.1. The molecule has 2 aromatic rings. The summed E-state index contributed by atoms with van der Waals surface area (Å²) >= 11 is 0. The highest BCUT2D eigenvalue weighted by Crippen LogP contribution is 2.30. The number of hydrogen-bond acceptors (Lipinski definition) is 3. The van der Waals surface area contributed by atoms with Crippen LogP contribution in [0.3, 0.4) is 0 Å². The second-order valence-corrected chi connectivity index (χ2v) is 6.11. The number of hydrogen-bond donors (Lipinski definition) is 2. The van der Waals surface area contributed by atoms with Crippen molar-refractivity contribution < 1.29 is 22.7 Å². The number of benzene rings is 1. The molecule has 26 heavy (non-hydrogen) atoms. The first kappa shape index (κ1) is 18.2. The van der Waals surface area contributed by atoms with Crippen LogP contribution in [0.4, 0.5) is 23.7 Å². The van der Waals surface area contributed by atoms with Crippen LogP contribution in [0.25, 0.3) is 5.69 Å². The third-order valence-electron chi connectivity index (χ3n) is 4.18. The number of rotatable bonds is 4. The number of carbonyl (C=O) groups excluding carboxylic acids is 1. The number of amides is 2. The Hall–Kier alpha value is -2.55. The number of anilines is 1. The van der Waals surface area contributed by atoms with E-state index in [1.807, 2.05) is 6.92 Å². The summed E-state index contributed by atoms with van der Waals surface area (Å²) in [5.41, 5.74) is -0.145. The Balaban J connectivity index is 1.63. The van der Waals surface area contributed by atoms with Gasteiger partial charge in [0.05, 0.1) is 24.0 Å². The molecule has 9 heteroatoms. The Kier molecular flexibility index (Phi) is 5.17. The Morgan fingerprint density at radius 1 is 1.31 bits per heavy atom. The minimum atomic E-state index is -4.49. The highest BCUT2D eigenvalue weighted by atomic mass is 19.4. The van der Waals surface area contributed by atoms with Crippen LogP contribution in [0.1, 0.15) is 25.5 Å². The molecule has 1 saturated heterocycles. The molecule has 6 nitrogen and oxygen atoms in total. The molecule has 0 unspecified atom stereocenters. The standard InChI is InChI=1S/C17H19F3N4O2/c1-11(14-3-2-10-26-14)22-16(25)23-12-4-6-13(7-5-12)24-15(8-9-21-24)17(18,19)20/h4-9,11,14H,2-3,10H2,1H3,(H2,22,23,25)/t11-,14-/m1/s1. The molecule has 1 aromatic heterocycles. The van der Waals surface area contributed by atoms with Crippen molar-refractivity contribution in [3.8, 4) is 5.69 Å². The largest absolute Gasteiger partial charge is 0.433 e. The van der Waals surface area contributed by atoms with Gasteiger partial charge in [0.1, 0.15) is 5.69 Å². The highest BCUT2D eigenvalue weighted by Gasteiger charge is 2.35. The number of aromatic nitrogens is 2. The fraction of sp³-hybridized carbons (Fsp3) is 0.412. The SMILES string of the molecule is C[C@@H](NC(=O)Nc1ccc(-n2nccc2C(F)(F)F)cc1)[C@H]1CCCO1. The van der Waals surface area contributed by atoms with E-state index in [1.165, 1.54) is 24.3 Å². The Morgan fingerprint density at radius 2 is 2.04 bits per heavy atom. The monoisotopic (exact) mass is 368 g/mol. The van der Waals surface area contributed by atoms with Gasteiger partial charge in [-0.25, -0.2) is 9.48 Å². The maximum atomic E-state index is 12.9. The highest BCUT2D eigenvalue weighted by molar-refractivity contribution is 5.89. The van der Waals surface area contributed by atoms with Crippen molar-refractivity contribution in [2.75, 3.05) is 11.9 Å². The summed E-state index contributed by atoms with van der Waals surface area (Å²) in [6.45, 7) is 2.57. The summed E-state index contributed by atoms with van der Waals surface area (Å²) in [4.78, 5) is 12.0. The van der Waals surface area contributed by atoms with Gasteiger partial charge in [-0.2, -0.15) is 18.3 Å². The zero-order chi connectivity index (χ0) is 18.7. The summed E-state index contributed by atoms with van der Waals surface area (Å²) in [6, 6.07) is 6.35. The van der Waals surface area contributed by atoms with E-state index < -0.39 is 17.9 Å². The van der Waals surface area contributed by atoms with Crippen molar-refractivity contribution >= 4 is 11.7 Å². The lowest BCUT2D eigenvalue weighted by molar-refractivity contribution is -0.142. The van der Waals surface area contributed by atoms with Crippen LogP contribution in [0.5, 0.6) is 0 Å². The van der Waals surface area contributed by atoms with E-state index in [9.17, 15) is 18.0 Å². The third kappa shape index (κ3) is 4.16. The second kappa shape index (κ2) is 7.36. The van der Waals surface area contributed by atoms with E-state index in [-0.39, 0.29) is 17.8 Å². The van der Waals surface area contributed by atoms with Crippen molar-refractivity contribution in [3.63, 3.8) is 0 Å². The van der Waals surface area contributed by atoms with Crippen molar-refractivity contribution in [1.29, 1.82) is 0 Å². The number of halogens is 3. The number of ether oxygens (including phenoxy) is 1. The normalized spacial score (nSPS) is 18.5. The van der Waals surface area contributed by atoms with E-state index in [1.54, 1.807) is 0 Å². The molecule has 3 rings (SSSR count). The van der Waals surface area contributed by atoms with E-state index in [2.05, 4.69) is 15.7 Å². The molecule has 0 spiro atoms. The number of nitrogens with zero attached hydrogens (tertiary/aromatic N) is 2. The molecule has 0 saturated carbocycles. The van der Waals surface area contributed by atoms with Gasteiger partial charge in [0, 0.05) is 12.3 Å². The van der Waals surface area contributed by atoms with Crippen LogP contribution in [0.15, 0.2) is 36.5 Å². The van der Waals surface area contributed by atoms with Crippen molar-refractivity contribution in [2.24, 2.45) is 0 Å². The van der Waals surface area contributed by atoms with Gasteiger partial charge in [0.25, 0.3) is 0 Å². The molecular formula is C17H19F3N4O2. The molecule has 2 atom stereocenters. The maximum absolute atomic E-state index is 12.9. The molecular weight excluding hydrogens is 349 g/mol. The predicted molar refractivity (Wildman–Crippen MR) is 89.2 cm³/mol. The van der Waals surface area contributed by atoms with Gasteiger partial charge in [0.15, 0.2) is 0 Å². The zero-order valence-corrected chi connectivity index (χ0v) is 14.1. The summed E-state index contributed by atoms with van der Waals surface area (Å²) in [7, 11) is 0. The predicted octanol–water partition coefficient (Wildman–Crippen LogP) is 3.58. The molecule has 1 aliphatic heterocycles. The first-order valence-corrected chi connectivity index (χ1v) is 8.25. The summed E-state index contributed by atoms with van der Waals surface area (Å²) in [6.07, 6.45) is -1.52. The van der Waals surface area contributed by atoms with Gasteiger partial charge in [0.2, 0.25) is 0 Å². The topological polar surface area (TPSA) is 68.2 Å². The van der Waals surface area contributed by atoms with Crippen LogP contribution in [-0.2, 0) is 10.9 Å². The summed E-state index contributed by atoms with van der Waals surface area (Å²) in [5.74, 6) is 0. The van der Waals surface area contributed by atoms with E-state index in [4.69, 9.17) is 4.74 Å². The fourth-order valence-corrected chi connectivity index (χ4v) is 2.87. The molecule has 2 heterocycles. The van der Waals surface area contributed by atoms with Gasteiger partial charge in [-0.05, 0) is 50.1 Å². The fourth-order valence-electron chi connectivity index (χ4n) is 2.87. The number of alkyl halides is 3. The van der Waals surface area contributed by atoms with E-state index >= 15 is 0 Å². The lowest BCUT2D eigenvalue weighted by Gasteiger charge is -2.20. The Labute approximate surface area is 148 Å². The summed E-state index contributed by atoms with van der Waals surface area (Å²) < 4.78 is 45.1. The Morgan fingerprint density at radius 3 is 2.65 bits per heavy atom. The number of nitrogens with one attached hydrogen (secondary N) is 2. The minimum Gasteiger partial charge on any atom is -0.376 e. The van der Waals surface area contributed by atoms with Crippen LogP contribution in [0.2, 0.25) is 0 Å². The van der Waals surface area contributed by atoms with Crippen LogP contribution in [0, 0.1) is 0 Å². The van der Waals surface area contributed by atoms with Gasteiger partial charge in [-0.15, -0.1) is 0 Å².